The van der Waals surface area contributed by atoms with E-state index in [0.717, 1.165) is 0 Å². The molecule has 4 aromatic rings. The van der Waals surface area contributed by atoms with Gasteiger partial charge >= 0.3 is 0 Å². The standard InChI is InChI=1S/C17H13.C5H5.FH.Ti/c1-3-8-14(9-4-1)16-12-7-13-17(16)15-10-5-2-6-11-15;1-2-4-5-3-1;;/h1-13H;1-5H;1H;/q-1;-5;;. The van der Waals surface area contributed by atoms with Crippen LogP contribution in [0.1, 0.15) is 0 Å². The number of hydrogen-bond donors (Lipinski definition) is 0. The summed E-state index contributed by atoms with van der Waals surface area (Å²) in [5.74, 6) is 0. The fraction of sp³-hybridized carbons (Fsp3) is 0. The van der Waals surface area contributed by atoms with Gasteiger partial charge in [-0.25, -0.2) is 0 Å². The molecule has 0 heterocycles. The maximum absolute atomic E-state index is 2.18. The van der Waals surface area contributed by atoms with Crippen LogP contribution in [0.4, 0.5) is 4.70 Å². The molecule has 24 heavy (non-hydrogen) atoms. The SMILES string of the molecule is F.[Ti].[cH-]1[cH-][cH-][cH-][cH-]1.c1ccc(-c2ccc[c-]2-c2ccccc2)cc1. The van der Waals surface area contributed by atoms with Crippen molar-refractivity contribution in [2.45, 2.75) is 0 Å². The van der Waals surface area contributed by atoms with Crippen molar-refractivity contribution in [3.8, 4) is 22.3 Å². The Morgan fingerprint density at radius 1 is 0.583 bits per heavy atom. The molecule has 0 saturated carbocycles. The molecule has 4 aromatic carbocycles. The van der Waals surface area contributed by atoms with Crippen molar-refractivity contribution < 1.29 is 26.4 Å². The largest absolute Gasteiger partial charge is 0.748 e. The van der Waals surface area contributed by atoms with Crippen molar-refractivity contribution in [3.05, 3.63) is 109 Å². The third-order valence-corrected chi connectivity index (χ3v) is 3.54. The fourth-order valence-electron chi connectivity index (χ4n) is 2.48. The number of halogens is 1. The topological polar surface area (TPSA) is 0 Å². The molecule has 124 valence electrons. The summed E-state index contributed by atoms with van der Waals surface area (Å²) in [7, 11) is 0. The second-order valence-corrected chi connectivity index (χ2v) is 5.05. The van der Waals surface area contributed by atoms with Crippen LogP contribution in [0, 0.1) is 0 Å². The molecule has 0 aliphatic rings. The Balaban J connectivity index is 0.000000357. The van der Waals surface area contributed by atoms with E-state index in [4.69, 9.17) is 0 Å². The van der Waals surface area contributed by atoms with Gasteiger partial charge in [0.15, 0.2) is 0 Å². The molecule has 0 aromatic heterocycles. The first-order chi connectivity index (χ1) is 10.9. The molecule has 0 spiro atoms. The summed E-state index contributed by atoms with van der Waals surface area (Å²) in [6.07, 6.45) is 0. The molecule has 0 bridgehead atoms. The first kappa shape index (κ1) is 19.8. The van der Waals surface area contributed by atoms with Crippen LogP contribution in [0.25, 0.3) is 22.3 Å². The molecule has 0 aliphatic carbocycles. The number of hydrogen-bond acceptors (Lipinski definition) is 0. The molecule has 4 rings (SSSR count). The van der Waals surface area contributed by atoms with E-state index in [9.17, 15) is 0 Å². The fourth-order valence-corrected chi connectivity index (χ4v) is 2.48. The molecule has 0 nitrogen and oxygen atoms in total. The van der Waals surface area contributed by atoms with Gasteiger partial charge in [-0.3, -0.25) is 4.70 Å². The van der Waals surface area contributed by atoms with E-state index >= 15 is 0 Å². The molecule has 0 saturated heterocycles. The Kier molecular flexibility index (Phi) is 8.71. The summed E-state index contributed by atoms with van der Waals surface area (Å²) < 4.78 is 0. The predicted octanol–water partition coefficient (Wildman–Crippen LogP) is 6.30. The van der Waals surface area contributed by atoms with Gasteiger partial charge in [0, 0.05) is 21.7 Å². The zero-order chi connectivity index (χ0) is 15.0. The minimum Gasteiger partial charge on any atom is -0.748 e. The van der Waals surface area contributed by atoms with Gasteiger partial charge < -0.3 is 30.3 Å². The van der Waals surface area contributed by atoms with Crippen molar-refractivity contribution in [1.82, 2.24) is 0 Å². The first-order valence-electron chi connectivity index (χ1n) is 7.48. The Bertz CT molecular complexity index is 700. The van der Waals surface area contributed by atoms with Gasteiger partial charge in [0.1, 0.15) is 0 Å². The van der Waals surface area contributed by atoms with Crippen LogP contribution in [0.15, 0.2) is 109 Å². The van der Waals surface area contributed by atoms with Crippen LogP contribution in [-0.2, 0) is 21.7 Å². The van der Waals surface area contributed by atoms with Crippen LogP contribution >= 0.6 is 0 Å². The summed E-state index contributed by atoms with van der Waals surface area (Å²) in [6.45, 7) is 0. The molecular weight excluding hydrogens is 331 g/mol. The van der Waals surface area contributed by atoms with E-state index in [1.54, 1.807) is 0 Å². The predicted molar refractivity (Wildman–Crippen MR) is 97.4 cm³/mol. The minimum atomic E-state index is 0. The Morgan fingerprint density at radius 2 is 1.08 bits per heavy atom. The van der Waals surface area contributed by atoms with Crippen molar-refractivity contribution in [1.29, 1.82) is 0 Å². The van der Waals surface area contributed by atoms with Crippen molar-refractivity contribution in [2.24, 2.45) is 0 Å². The van der Waals surface area contributed by atoms with Crippen molar-refractivity contribution >= 4 is 0 Å². The molecule has 0 atom stereocenters. The van der Waals surface area contributed by atoms with E-state index in [0.29, 0.717) is 0 Å². The maximum atomic E-state index is 2.18. The van der Waals surface area contributed by atoms with Gasteiger partial charge in [-0.2, -0.15) is 0 Å². The quantitative estimate of drug-likeness (QED) is 0.294. The minimum absolute atomic E-state index is 0. The van der Waals surface area contributed by atoms with E-state index in [-0.39, 0.29) is 26.4 Å². The van der Waals surface area contributed by atoms with Gasteiger partial charge in [-0.05, 0) is 0 Å². The van der Waals surface area contributed by atoms with E-state index in [1.807, 2.05) is 30.3 Å². The molecule has 2 heteroatoms. The van der Waals surface area contributed by atoms with Gasteiger partial charge in [-0.15, -0.1) is 35.9 Å². The average Bonchev–Trinajstić information content (AvgIpc) is 3.31. The Hall–Kier alpha value is -2.22. The van der Waals surface area contributed by atoms with Gasteiger partial charge in [0.25, 0.3) is 0 Å². The zero-order valence-corrected chi connectivity index (χ0v) is 14.9. The monoisotopic (exact) mass is 350 g/mol. The van der Waals surface area contributed by atoms with Crippen LogP contribution < -0.4 is 0 Å². The third-order valence-electron chi connectivity index (χ3n) is 3.54. The second-order valence-electron chi connectivity index (χ2n) is 5.05. The third kappa shape index (κ3) is 5.16. The molecule has 0 fully saturated rings. The molecule has 0 unspecified atom stereocenters. The summed E-state index contributed by atoms with van der Waals surface area (Å²) in [6, 6.07) is 37.5. The number of rotatable bonds is 2. The van der Waals surface area contributed by atoms with E-state index in [1.165, 1.54) is 22.3 Å². The molecule has 0 N–H and O–H groups in total. The van der Waals surface area contributed by atoms with Gasteiger partial charge in [0.05, 0.1) is 0 Å². The smallest absolute Gasteiger partial charge is 0 e. The molecular formula is C22H19FTi-6. The van der Waals surface area contributed by atoms with Crippen LogP contribution in [0.2, 0.25) is 0 Å². The number of benzene rings is 2. The van der Waals surface area contributed by atoms with Crippen LogP contribution in [0.3, 0.4) is 0 Å². The summed E-state index contributed by atoms with van der Waals surface area (Å²) in [4.78, 5) is 0. The first-order valence-corrected chi connectivity index (χ1v) is 7.48. The van der Waals surface area contributed by atoms with E-state index in [2.05, 4.69) is 78.9 Å². The zero-order valence-electron chi connectivity index (χ0n) is 13.3. The van der Waals surface area contributed by atoms with Crippen molar-refractivity contribution in [2.75, 3.05) is 0 Å². The normalized spacial score (nSPS) is 9.00. The van der Waals surface area contributed by atoms with Gasteiger partial charge in [0.2, 0.25) is 0 Å². The maximum Gasteiger partial charge on any atom is 0 e. The van der Waals surface area contributed by atoms with E-state index < -0.39 is 0 Å². The Morgan fingerprint density at radius 3 is 1.62 bits per heavy atom. The van der Waals surface area contributed by atoms with Crippen LogP contribution in [-0.4, -0.2) is 0 Å². The second kappa shape index (κ2) is 10.5. The summed E-state index contributed by atoms with van der Waals surface area (Å²) >= 11 is 0. The van der Waals surface area contributed by atoms with Crippen LogP contribution in [0.5, 0.6) is 0 Å². The Labute approximate surface area is 157 Å². The molecule has 0 aliphatic heterocycles. The summed E-state index contributed by atoms with van der Waals surface area (Å²) in [5, 5.41) is 0. The summed E-state index contributed by atoms with van der Waals surface area (Å²) in [5.41, 5.74) is 5.15. The van der Waals surface area contributed by atoms with Gasteiger partial charge in [-0.1, -0.05) is 65.2 Å². The average molecular weight is 350 g/mol. The molecule has 0 radical (unpaired) electrons. The molecule has 0 amide bonds. The van der Waals surface area contributed by atoms with Crippen molar-refractivity contribution in [3.63, 3.8) is 0 Å².